The molecular formula is C14H20N2O3. The minimum Gasteiger partial charge on any atom is -0.595 e. The number of nitrogens with zero attached hydrogens (tertiary/aromatic N) is 2. The Bertz CT molecular complexity index is 481. The van der Waals surface area contributed by atoms with Gasteiger partial charge in [0, 0.05) is 11.1 Å². The lowest BCUT2D eigenvalue weighted by molar-refractivity contribution is -0.462. The Hall–Kier alpha value is -1.88. The second kappa shape index (κ2) is 6.89. The number of hydrogen-bond acceptors (Lipinski definition) is 4. The van der Waals surface area contributed by atoms with Crippen molar-refractivity contribution in [3.8, 4) is 5.75 Å². The number of aliphatic hydroxyl groups excluding tert-OH is 1. The van der Waals surface area contributed by atoms with Crippen molar-refractivity contribution in [3.63, 3.8) is 0 Å². The molecule has 0 amide bonds. The highest BCUT2D eigenvalue weighted by atomic mass is 16.5. The lowest BCUT2D eigenvalue weighted by Gasteiger charge is -2.08. The number of phenolic OH excluding ortho intramolecular Hbond substituents is 1. The van der Waals surface area contributed by atoms with Crippen LogP contribution in [0.15, 0.2) is 35.6 Å². The quantitative estimate of drug-likeness (QED) is 0.487. The summed E-state index contributed by atoms with van der Waals surface area (Å²) in [6.07, 6.45) is 1.24. The summed E-state index contributed by atoms with van der Waals surface area (Å²) in [7, 11) is 0. The number of benzene rings is 1. The highest BCUT2D eigenvalue weighted by Crippen LogP contribution is 2.26. The second-order valence-corrected chi connectivity index (χ2v) is 4.42. The van der Waals surface area contributed by atoms with E-state index < -0.39 is 12.1 Å². The average Bonchev–Trinajstić information content (AvgIpc) is 2.36. The van der Waals surface area contributed by atoms with Crippen molar-refractivity contribution in [3.05, 3.63) is 41.2 Å². The van der Waals surface area contributed by atoms with Crippen LogP contribution in [-0.4, -0.2) is 27.2 Å². The van der Waals surface area contributed by atoms with Gasteiger partial charge in [0.25, 0.3) is 0 Å². The van der Waals surface area contributed by atoms with E-state index in [2.05, 4.69) is 5.11 Å². The van der Waals surface area contributed by atoms with Gasteiger partial charge in [-0.2, -0.15) is 0 Å². The molecule has 5 heteroatoms. The van der Waals surface area contributed by atoms with Gasteiger partial charge in [-0.15, -0.1) is 0 Å². The van der Waals surface area contributed by atoms with Crippen molar-refractivity contribution in [1.82, 2.24) is 0 Å². The monoisotopic (exact) mass is 264 g/mol. The van der Waals surface area contributed by atoms with Gasteiger partial charge in [-0.05, 0) is 31.4 Å². The first-order chi connectivity index (χ1) is 8.95. The van der Waals surface area contributed by atoms with E-state index >= 15 is 0 Å². The van der Waals surface area contributed by atoms with Crippen LogP contribution in [0.3, 0.4) is 0 Å². The molecule has 0 saturated heterocycles. The Kier molecular flexibility index (Phi) is 5.51. The molecule has 0 radical (unpaired) electrons. The summed E-state index contributed by atoms with van der Waals surface area (Å²) >= 11 is 0. The molecule has 1 aromatic rings. The summed E-state index contributed by atoms with van der Waals surface area (Å²) in [6, 6.07) is 6.36. The number of phenols is 1. The maximum absolute atomic E-state index is 11.7. The molecule has 104 valence electrons. The maximum atomic E-state index is 11.7. The van der Waals surface area contributed by atoms with Gasteiger partial charge in [-0.25, -0.2) is 0 Å². The number of aromatic hydroxyl groups is 1. The molecule has 0 bridgehead atoms. The molecular weight excluding hydrogens is 244 g/mol. The molecule has 19 heavy (non-hydrogen) atoms. The Morgan fingerprint density at radius 2 is 2.05 bits per heavy atom. The molecule has 1 rings (SSSR count). The first-order valence-corrected chi connectivity index (χ1v) is 6.30. The van der Waals surface area contributed by atoms with E-state index in [0.29, 0.717) is 22.4 Å². The lowest BCUT2D eigenvalue weighted by Crippen LogP contribution is -2.18. The standard InChI is InChI=1S/C14H20N2O3/c1-4-12(13-7-5-6-8-14(13)18)9-16(19)15-10(2)11(3)17/h5-11,17-18H,4H2,1-3H3. The van der Waals surface area contributed by atoms with Crippen molar-refractivity contribution in [1.29, 1.82) is 0 Å². The Balaban J connectivity index is 3.04. The second-order valence-electron chi connectivity index (χ2n) is 4.42. The fourth-order valence-corrected chi connectivity index (χ4v) is 1.54. The van der Waals surface area contributed by atoms with Crippen LogP contribution >= 0.6 is 0 Å². The van der Waals surface area contributed by atoms with Gasteiger partial charge in [-0.1, -0.05) is 30.0 Å². The molecule has 5 nitrogen and oxygen atoms in total. The summed E-state index contributed by atoms with van der Waals surface area (Å²) in [5.41, 5.74) is 1.31. The minimum absolute atomic E-state index is 0.132. The maximum Gasteiger partial charge on any atom is 0.213 e. The predicted octanol–water partition coefficient (Wildman–Crippen LogP) is 2.87. The molecule has 0 spiro atoms. The van der Waals surface area contributed by atoms with Crippen LogP contribution in [0.1, 0.15) is 32.8 Å². The van der Waals surface area contributed by atoms with Crippen molar-refractivity contribution >= 4 is 5.57 Å². The summed E-state index contributed by atoms with van der Waals surface area (Å²) in [4.78, 5) is 0.447. The van der Waals surface area contributed by atoms with Crippen molar-refractivity contribution in [2.75, 3.05) is 0 Å². The molecule has 0 heterocycles. The Labute approximate surface area is 113 Å². The SMILES string of the molecule is CCC(=C[N+]([O-])=NC(C)C(C)O)c1ccccc1O. The third-order valence-corrected chi connectivity index (χ3v) is 2.89. The van der Waals surface area contributed by atoms with E-state index in [0.717, 1.165) is 0 Å². The van der Waals surface area contributed by atoms with Crippen molar-refractivity contribution < 1.29 is 15.1 Å². The number of hydroxylamine groups is 1. The van der Waals surface area contributed by atoms with Gasteiger partial charge in [0.05, 0.1) is 6.10 Å². The molecule has 0 fully saturated rings. The van der Waals surface area contributed by atoms with Crippen molar-refractivity contribution in [2.45, 2.75) is 39.3 Å². The molecule has 0 aliphatic carbocycles. The van der Waals surface area contributed by atoms with Crippen LogP contribution in [0.4, 0.5) is 0 Å². The first-order valence-electron chi connectivity index (χ1n) is 6.30. The normalized spacial score (nSPS) is 16.2. The van der Waals surface area contributed by atoms with Gasteiger partial charge < -0.3 is 15.4 Å². The van der Waals surface area contributed by atoms with Crippen LogP contribution in [0.25, 0.3) is 5.57 Å². The molecule has 0 aromatic heterocycles. The summed E-state index contributed by atoms with van der Waals surface area (Å²) in [6.45, 7) is 5.13. The van der Waals surface area contributed by atoms with E-state index in [1.807, 2.05) is 6.92 Å². The van der Waals surface area contributed by atoms with E-state index in [1.165, 1.54) is 6.20 Å². The van der Waals surface area contributed by atoms with Gasteiger partial charge in [0.1, 0.15) is 11.8 Å². The molecule has 0 saturated carbocycles. The van der Waals surface area contributed by atoms with Gasteiger partial charge in [0.2, 0.25) is 6.20 Å². The molecule has 2 unspecified atom stereocenters. The van der Waals surface area contributed by atoms with E-state index in [9.17, 15) is 15.4 Å². The van der Waals surface area contributed by atoms with E-state index in [4.69, 9.17) is 0 Å². The number of aliphatic hydroxyl groups is 1. The van der Waals surface area contributed by atoms with Gasteiger partial charge >= 0.3 is 0 Å². The highest BCUT2D eigenvalue weighted by molar-refractivity contribution is 5.69. The van der Waals surface area contributed by atoms with Gasteiger partial charge in [0.15, 0.2) is 0 Å². The zero-order valence-electron chi connectivity index (χ0n) is 11.4. The van der Waals surface area contributed by atoms with Crippen LogP contribution in [0, 0.1) is 5.21 Å². The van der Waals surface area contributed by atoms with E-state index in [1.54, 1.807) is 38.1 Å². The number of para-hydroxylation sites is 1. The summed E-state index contributed by atoms with van der Waals surface area (Å²) < 4.78 is 0. The van der Waals surface area contributed by atoms with Crippen LogP contribution in [0.2, 0.25) is 0 Å². The van der Waals surface area contributed by atoms with Crippen molar-refractivity contribution in [2.24, 2.45) is 5.11 Å². The minimum atomic E-state index is -0.681. The largest absolute Gasteiger partial charge is 0.595 e. The average molecular weight is 264 g/mol. The summed E-state index contributed by atoms with van der Waals surface area (Å²) in [5, 5.41) is 34.5. The van der Waals surface area contributed by atoms with Crippen LogP contribution in [-0.2, 0) is 0 Å². The first kappa shape index (κ1) is 15.2. The van der Waals surface area contributed by atoms with Gasteiger partial charge in [-0.3, -0.25) is 0 Å². The Morgan fingerprint density at radius 3 is 2.58 bits per heavy atom. The lowest BCUT2D eigenvalue weighted by atomic mass is 10.0. The predicted molar refractivity (Wildman–Crippen MR) is 73.6 cm³/mol. The molecule has 0 aliphatic heterocycles. The number of hydrogen-bond donors (Lipinski definition) is 2. The fraction of sp³-hybridized carbons (Fsp3) is 0.429. The molecule has 2 atom stereocenters. The molecule has 1 aromatic carbocycles. The number of rotatable bonds is 5. The topological polar surface area (TPSA) is 78.9 Å². The zero-order chi connectivity index (χ0) is 14.4. The third-order valence-electron chi connectivity index (χ3n) is 2.89. The number of allylic oxidation sites excluding steroid dienone is 1. The number of azo groups is 1. The third kappa shape index (κ3) is 4.37. The Morgan fingerprint density at radius 1 is 1.42 bits per heavy atom. The zero-order valence-corrected chi connectivity index (χ0v) is 11.4. The molecule has 0 aliphatic rings. The van der Waals surface area contributed by atoms with E-state index in [-0.39, 0.29) is 5.75 Å². The van der Waals surface area contributed by atoms with Crippen LogP contribution in [0.5, 0.6) is 5.75 Å². The smallest absolute Gasteiger partial charge is 0.213 e. The summed E-state index contributed by atoms with van der Waals surface area (Å²) in [5.74, 6) is 0.132. The highest BCUT2D eigenvalue weighted by Gasteiger charge is 2.12. The van der Waals surface area contributed by atoms with Crippen LogP contribution < -0.4 is 0 Å². The fourth-order valence-electron chi connectivity index (χ4n) is 1.54. The molecule has 2 N–H and O–H groups in total.